The quantitative estimate of drug-likeness (QED) is 0.609. The molecule has 1 aliphatic carbocycles. The Kier molecular flexibility index (Phi) is 4.19. The van der Waals surface area contributed by atoms with E-state index in [9.17, 15) is 4.39 Å². The van der Waals surface area contributed by atoms with Gasteiger partial charge in [0.15, 0.2) is 0 Å². The summed E-state index contributed by atoms with van der Waals surface area (Å²) in [4.78, 5) is 0. The average molecular weight is 280 g/mol. The van der Waals surface area contributed by atoms with E-state index in [0.29, 0.717) is 17.4 Å². The first kappa shape index (κ1) is 14.1. The van der Waals surface area contributed by atoms with Gasteiger partial charge < -0.3 is 0 Å². The van der Waals surface area contributed by atoms with Crippen LogP contribution in [0.2, 0.25) is 0 Å². The van der Waals surface area contributed by atoms with Gasteiger partial charge in [0.2, 0.25) is 0 Å². The van der Waals surface area contributed by atoms with Gasteiger partial charge in [-0.2, -0.15) is 0 Å². The van der Waals surface area contributed by atoms with Crippen molar-refractivity contribution in [1.29, 1.82) is 0 Å². The van der Waals surface area contributed by atoms with Crippen molar-refractivity contribution in [3.8, 4) is 11.1 Å². The molecule has 0 aliphatic heterocycles. The normalized spacial score (nSPS) is 22.0. The number of allylic oxidation sites excluding steroid dienone is 1. The van der Waals surface area contributed by atoms with Gasteiger partial charge in [-0.05, 0) is 54.7 Å². The Morgan fingerprint density at radius 1 is 0.952 bits per heavy atom. The van der Waals surface area contributed by atoms with Crippen LogP contribution in [0.4, 0.5) is 4.39 Å². The highest BCUT2D eigenvalue weighted by Crippen LogP contribution is 2.37. The van der Waals surface area contributed by atoms with Gasteiger partial charge in [-0.3, -0.25) is 0 Å². The molecule has 1 fully saturated rings. The molecule has 0 heterocycles. The number of hydrogen-bond donors (Lipinski definition) is 0. The summed E-state index contributed by atoms with van der Waals surface area (Å²) in [6.07, 6.45) is 6.70. The molecule has 0 bridgehead atoms. The van der Waals surface area contributed by atoms with Gasteiger partial charge in [0.25, 0.3) is 0 Å². The van der Waals surface area contributed by atoms with Crippen molar-refractivity contribution >= 4 is 0 Å². The van der Waals surface area contributed by atoms with Crippen LogP contribution in [0.25, 0.3) is 11.1 Å². The lowest BCUT2D eigenvalue weighted by Crippen LogP contribution is -2.11. The molecule has 0 N–H and O–H groups in total. The molecule has 0 aromatic heterocycles. The summed E-state index contributed by atoms with van der Waals surface area (Å²) in [6.45, 7) is 3.88. The summed E-state index contributed by atoms with van der Waals surface area (Å²) < 4.78 is 14.4. The minimum Gasteiger partial charge on any atom is -0.206 e. The van der Waals surface area contributed by atoms with Gasteiger partial charge in [0.05, 0.1) is 0 Å². The fourth-order valence-electron chi connectivity index (χ4n) is 3.33. The van der Waals surface area contributed by atoms with Crippen LogP contribution >= 0.6 is 0 Å². The van der Waals surface area contributed by atoms with Crippen molar-refractivity contribution in [3.63, 3.8) is 0 Å². The summed E-state index contributed by atoms with van der Waals surface area (Å²) in [5.74, 6) is 1.04. The third-order valence-electron chi connectivity index (χ3n) is 4.65. The highest BCUT2D eigenvalue weighted by molar-refractivity contribution is 5.64. The fraction of sp³-hybridized carbons (Fsp3) is 0.300. The molecule has 0 atom stereocenters. The van der Waals surface area contributed by atoms with Crippen molar-refractivity contribution in [2.24, 2.45) is 5.92 Å². The Bertz CT molecular complexity index is 607. The minimum atomic E-state index is -0.107. The van der Waals surface area contributed by atoms with Gasteiger partial charge in [-0.15, -0.1) is 6.58 Å². The lowest BCUT2D eigenvalue weighted by molar-refractivity contribution is 0.375. The summed E-state index contributed by atoms with van der Waals surface area (Å²) >= 11 is 0. The Morgan fingerprint density at radius 3 is 2.29 bits per heavy atom. The second-order valence-corrected chi connectivity index (χ2v) is 5.95. The van der Waals surface area contributed by atoms with Crippen LogP contribution in [-0.2, 0) is 0 Å². The monoisotopic (exact) mass is 280 g/mol. The highest BCUT2D eigenvalue weighted by Gasteiger charge is 2.21. The van der Waals surface area contributed by atoms with Crippen LogP contribution in [-0.4, -0.2) is 0 Å². The third kappa shape index (κ3) is 3.07. The SMILES string of the molecule is C=CC1CCC(c2ccc(-c3ccccc3)c(F)c2)CC1. The molecule has 2 aromatic rings. The van der Waals surface area contributed by atoms with E-state index in [1.165, 1.54) is 12.8 Å². The molecule has 0 saturated heterocycles. The van der Waals surface area contributed by atoms with Crippen LogP contribution in [0.3, 0.4) is 0 Å². The number of rotatable bonds is 3. The first-order valence-corrected chi connectivity index (χ1v) is 7.75. The van der Waals surface area contributed by atoms with E-state index >= 15 is 0 Å². The lowest BCUT2D eigenvalue weighted by atomic mass is 9.78. The molecule has 108 valence electrons. The molecular weight excluding hydrogens is 259 g/mol. The van der Waals surface area contributed by atoms with Crippen LogP contribution in [0, 0.1) is 11.7 Å². The van der Waals surface area contributed by atoms with Gasteiger partial charge in [0, 0.05) is 5.56 Å². The second-order valence-electron chi connectivity index (χ2n) is 5.95. The summed E-state index contributed by atoms with van der Waals surface area (Å²) in [5.41, 5.74) is 2.78. The zero-order chi connectivity index (χ0) is 14.7. The molecule has 1 aliphatic rings. The highest BCUT2D eigenvalue weighted by atomic mass is 19.1. The van der Waals surface area contributed by atoms with E-state index < -0.39 is 0 Å². The van der Waals surface area contributed by atoms with Crippen molar-refractivity contribution in [2.45, 2.75) is 31.6 Å². The predicted octanol–water partition coefficient (Wildman–Crippen LogP) is 5.95. The van der Waals surface area contributed by atoms with Crippen molar-refractivity contribution < 1.29 is 4.39 Å². The van der Waals surface area contributed by atoms with Crippen LogP contribution in [0.15, 0.2) is 61.2 Å². The van der Waals surface area contributed by atoms with E-state index in [0.717, 1.165) is 24.0 Å². The van der Waals surface area contributed by atoms with Crippen molar-refractivity contribution in [1.82, 2.24) is 0 Å². The molecule has 3 rings (SSSR count). The topological polar surface area (TPSA) is 0 Å². The molecule has 1 heteroatoms. The molecule has 0 spiro atoms. The van der Waals surface area contributed by atoms with E-state index in [1.54, 1.807) is 6.07 Å². The molecule has 0 nitrogen and oxygen atoms in total. The van der Waals surface area contributed by atoms with Crippen molar-refractivity contribution in [3.05, 3.63) is 72.6 Å². The lowest BCUT2D eigenvalue weighted by Gasteiger charge is -2.27. The molecule has 0 amide bonds. The molecule has 2 aromatic carbocycles. The molecule has 1 saturated carbocycles. The predicted molar refractivity (Wildman–Crippen MR) is 86.7 cm³/mol. The number of benzene rings is 2. The number of halogens is 1. The zero-order valence-electron chi connectivity index (χ0n) is 12.3. The summed E-state index contributed by atoms with van der Waals surface area (Å²) in [7, 11) is 0. The summed E-state index contributed by atoms with van der Waals surface area (Å²) in [6, 6.07) is 15.5. The standard InChI is InChI=1S/C20H21F/c1-2-15-8-10-16(11-9-15)18-12-13-19(20(21)14-18)17-6-4-3-5-7-17/h2-7,12-16H,1,8-11H2. The molecule has 0 radical (unpaired) electrons. The molecular formula is C20H21F. The largest absolute Gasteiger partial charge is 0.206 e. The Balaban J connectivity index is 1.80. The second kappa shape index (κ2) is 6.26. The maximum absolute atomic E-state index is 14.4. The maximum atomic E-state index is 14.4. The maximum Gasteiger partial charge on any atom is 0.131 e. The van der Waals surface area contributed by atoms with Crippen LogP contribution < -0.4 is 0 Å². The van der Waals surface area contributed by atoms with E-state index in [2.05, 4.69) is 18.7 Å². The first-order chi connectivity index (χ1) is 10.3. The first-order valence-electron chi connectivity index (χ1n) is 7.75. The zero-order valence-corrected chi connectivity index (χ0v) is 12.3. The summed E-state index contributed by atoms with van der Waals surface area (Å²) in [5, 5.41) is 0. The fourth-order valence-corrected chi connectivity index (χ4v) is 3.33. The Labute approximate surface area is 126 Å². The minimum absolute atomic E-state index is 0.107. The van der Waals surface area contributed by atoms with E-state index in [4.69, 9.17) is 0 Å². The van der Waals surface area contributed by atoms with Gasteiger partial charge in [-0.25, -0.2) is 4.39 Å². The van der Waals surface area contributed by atoms with Gasteiger partial charge in [-0.1, -0.05) is 48.5 Å². The molecule has 21 heavy (non-hydrogen) atoms. The van der Waals surface area contributed by atoms with Crippen LogP contribution in [0.5, 0.6) is 0 Å². The molecule has 0 unspecified atom stereocenters. The van der Waals surface area contributed by atoms with Crippen LogP contribution in [0.1, 0.15) is 37.2 Å². The van der Waals surface area contributed by atoms with E-state index in [-0.39, 0.29) is 5.82 Å². The van der Waals surface area contributed by atoms with Gasteiger partial charge in [0.1, 0.15) is 5.82 Å². The third-order valence-corrected chi connectivity index (χ3v) is 4.65. The Hall–Kier alpha value is -1.89. The van der Waals surface area contributed by atoms with Gasteiger partial charge >= 0.3 is 0 Å². The van der Waals surface area contributed by atoms with Crippen molar-refractivity contribution in [2.75, 3.05) is 0 Å². The Morgan fingerprint density at radius 2 is 1.67 bits per heavy atom. The smallest absolute Gasteiger partial charge is 0.131 e. The number of hydrogen-bond acceptors (Lipinski definition) is 0. The van der Waals surface area contributed by atoms with E-state index in [1.807, 2.05) is 36.4 Å². The average Bonchev–Trinajstić information content (AvgIpc) is 2.55.